The van der Waals surface area contributed by atoms with E-state index < -0.39 is 0 Å². The molecule has 2 atom stereocenters. The average molecular weight is 286 g/mol. The quantitative estimate of drug-likeness (QED) is 0.816. The molecule has 2 unspecified atom stereocenters. The predicted molar refractivity (Wildman–Crippen MR) is 78.1 cm³/mol. The number of nitrogens with two attached hydrogens (primary N) is 1. The van der Waals surface area contributed by atoms with E-state index in [1.54, 1.807) is 0 Å². The van der Waals surface area contributed by atoms with Crippen LogP contribution in [0, 0.1) is 5.92 Å². The van der Waals surface area contributed by atoms with E-state index in [4.69, 9.17) is 17.3 Å². The number of benzene rings is 1. The molecule has 1 aliphatic carbocycles. The van der Waals surface area contributed by atoms with Gasteiger partial charge < -0.3 is 10.8 Å². The van der Waals surface area contributed by atoms with E-state index in [9.17, 15) is 5.11 Å². The second kappa shape index (κ2) is 6.29. The van der Waals surface area contributed by atoms with E-state index in [1.165, 1.54) is 4.90 Å². The van der Waals surface area contributed by atoms with Crippen molar-refractivity contribution in [1.29, 1.82) is 0 Å². The molecule has 2 nitrogen and oxygen atoms in total. The lowest BCUT2D eigenvalue weighted by Gasteiger charge is -2.29. The van der Waals surface area contributed by atoms with Gasteiger partial charge in [-0.25, -0.2) is 0 Å². The SMILES string of the molecule is NC1(CO)CCCC1CCSc1ccc(Cl)cc1. The summed E-state index contributed by atoms with van der Waals surface area (Å²) in [5, 5.41) is 10.2. The van der Waals surface area contributed by atoms with Crippen molar-refractivity contribution in [1.82, 2.24) is 0 Å². The molecule has 18 heavy (non-hydrogen) atoms. The molecule has 0 bridgehead atoms. The molecular weight excluding hydrogens is 266 g/mol. The minimum Gasteiger partial charge on any atom is -0.394 e. The molecule has 3 N–H and O–H groups in total. The number of aliphatic hydroxyl groups excluding tert-OH is 1. The van der Waals surface area contributed by atoms with Gasteiger partial charge in [0.2, 0.25) is 0 Å². The lowest BCUT2D eigenvalue weighted by Crippen LogP contribution is -2.47. The van der Waals surface area contributed by atoms with Crippen molar-refractivity contribution in [2.45, 2.75) is 36.1 Å². The van der Waals surface area contributed by atoms with Gasteiger partial charge in [-0.15, -0.1) is 11.8 Å². The Labute approximate surface area is 118 Å². The maximum atomic E-state index is 9.40. The Bertz CT molecular complexity index is 384. The molecule has 1 aromatic rings. The number of thioether (sulfide) groups is 1. The molecule has 0 amide bonds. The topological polar surface area (TPSA) is 46.2 Å². The highest BCUT2D eigenvalue weighted by atomic mass is 35.5. The summed E-state index contributed by atoms with van der Waals surface area (Å²) in [5.74, 6) is 1.51. The zero-order valence-electron chi connectivity index (χ0n) is 10.4. The van der Waals surface area contributed by atoms with E-state index >= 15 is 0 Å². The highest BCUT2D eigenvalue weighted by Crippen LogP contribution is 2.37. The Morgan fingerprint density at radius 2 is 2.11 bits per heavy atom. The molecule has 1 aromatic carbocycles. The fourth-order valence-electron chi connectivity index (χ4n) is 2.66. The van der Waals surface area contributed by atoms with Crippen molar-refractivity contribution in [2.24, 2.45) is 11.7 Å². The normalized spacial score (nSPS) is 27.6. The molecule has 0 spiro atoms. The molecule has 0 aliphatic heterocycles. The summed E-state index contributed by atoms with van der Waals surface area (Å²) < 4.78 is 0. The Morgan fingerprint density at radius 1 is 1.39 bits per heavy atom. The van der Waals surface area contributed by atoms with Gasteiger partial charge in [-0.2, -0.15) is 0 Å². The maximum absolute atomic E-state index is 9.40. The summed E-state index contributed by atoms with van der Waals surface area (Å²) in [7, 11) is 0. The fraction of sp³-hybridized carbons (Fsp3) is 0.571. The minimum atomic E-state index is -0.333. The van der Waals surface area contributed by atoms with Crippen LogP contribution in [0.3, 0.4) is 0 Å². The van der Waals surface area contributed by atoms with Crippen LogP contribution in [0.1, 0.15) is 25.7 Å². The van der Waals surface area contributed by atoms with Gasteiger partial charge in [-0.3, -0.25) is 0 Å². The maximum Gasteiger partial charge on any atom is 0.0613 e. The van der Waals surface area contributed by atoms with Crippen molar-refractivity contribution in [3.63, 3.8) is 0 Å². The number of aliphatic hydroxyl groups is 1. The number of hydrogen-bond donors (Lipinski definition) is 2. The van der Waals surface area contributed by atoms with E-state index in [1.807, 2.05) is 36.0 Å². The lowest BCUT2D eigenvalue weighted by atomic mass is 9.87. The van der Waals surface area contributed by atoms with Crippen molar-refractivity contribution >= 4 is 23.4 Å². The van der Waals surface area contributed by atoms with Crippen LogP contribution >= 0.6 is 23.4 Å². The highest BCUT2D eigenvalue weighted by molar-refractivity contribution is 7.99. The van der Waals surface area contributed by atoms with Gasteiger partial charge in [0, 0.05) is 15.5 Å². The second-order valence-corrected chi connectivity index (χ2v) is 6.68. The third kappa shape index (κ3) is 3.41. The smallest absolute Gasteiger partial charge is 0.0613 e. The Hall–Kier alpha value is -0.220. The highest BCUT2D eigenvalue weighted by Gasteiger charge is 2.38. The average Bonchev–Trinajstić information content (AvgIpc) is 2.74. The first-order valence-corrected chi connectivity index (χ1v) is 7.78. The molecule has 0 heterocycles. The summed E-state index contributed by atoms with van der Waals surface area (Å²) in [4.78, 5) is 1.24. The first kappa shape index (κ1) is 14.2. The van der Waals surface area contributed by atoms with E-state index in [2.05, 4.69) is 0 Å². The Morgan fingerprint density at radius 3 is 2.78 bits per heavy atom. The van der Waals surface area contributed by atoms with Gasteiger partial charge >= 0.3 is 0 Å². The molecule has 2 rings (SSSR count). The molecule has 0 radical (unpaired) electrons. The van der Waals surface area contributed by atoms with Crippen LogP contribution in [0.2, 0.25) is 5.02 Å². The van der Waals surface area contributed by atoms with Crippen LogP contribution in [0.25, 0.3) is 0 Å². The summed E-state index contributed by atoms with van der Waals surface area (Å²) in [6, 6.07) is 7.92. The molecule has 0 saturated heterocycles. The van der Waals surface area contributed by atoms with Crippen molar-refractivity contribution < 1.29 is 5.11 Å². The molecule has 1 aliphatic rings. The monoisotopic (exact) mass is 285 g/mol. The molecule has 4 heteroatoms. The number of hydrogen-bond acceptors (Lipinski definition) is 3. The molecule has 1 fully saturated rings. The first-order chi connectivity index (χ1) is 8.64. The summed E-state index contributed by atoms with van der Waals surface area (Å²) in [5.41, 5.74) is 5.89. The first-order valence-electron chi connectivity index (χ1n) is 6.42. The van der Waals surface area contributed by atoms with Gasteiger partial charge in [0.25, 0.3) is 0 Å². The standard InChI is InChI=1S/C14H20ClNOS/c15-12-3-5-13(6-4-12)18-9-7-11-2-1-8-14(11,16)10-17/h3-6,11,17H,1-2,7-10,16H2. The van der Waals surface area contributed by atoms with Gasteiger partial charge in [0.15, 0.2) is 0 Å². The minimum absolute atomic E-state index is 0.114. The largest absolute Gasteiger partial charge is 0.394 e. The van der Waals surface area contributed by atoms with Gasteiger partial charge in [-0.1, -0.05) is 18.0 Å². The molecule has 100 valence electrons. The summed E-state index contributed by atoms with van der Waals surface area (Å²) in [6.07, 6.45) is 4.33. The third-order valence-electron chi connectivity index (χ3n) is 3.85. The number of rotatable bonds is 5. The van der Waals surface area contributed by atoms with Crippen molar-refractivity contribution in [2.75, 3.05) is 12.4 Å². The predicted octanol–water partition coefficient (Wildman–Crippen LogP) is 3.31. The van der Waals surface area contributed by atoms with Crippen LogP contribution in [0.15, 0.2) is 29.2 Å². The summed E-state index contributed by atoms with van der Waals surface area (Å²) in [6.45, 7) is 0.114. The number of halogens is 1. The van der Waals surface area contributed by atoms with Crippen LogP contribution in [0.5, 0.6) is 0 Å². The summed E-state index contributed by atoms with van der Waals surface area (Å²) >= 11 is 7.68. The van der Waals surface area contributed by atoms with E-state index in [0.29, 0.717) is 5.92 Å². The van der Waals surface area contributed by atoms with Crippen molar-refractivity contribution in [3.05, 3.63) is 29.3 Å². The zero-order valence-corrected chi connectivity index (χ0v) is 12.0. The third-order valence-corrected chi connectivity index (χ3v) is 5.15. The van der Waals surface area contributed by atoms with Crippen LogP contribution in [0.4, 0.5) is 0 Å². The molecular formula is C14H20ClNOS. The van der Waals surface area contributed by atoms with Gasteiger partial charge in [0.05, 0.1) is 6.61 Å². The van der Waals surface area contributed by atoms with E-state index in [0.717, 1.165) is 36.5 Å². The fourth-order valence-corrected chi connectivity index (χ4v) is 3.75. The van der Waals surface area contributed by atoms with Crippen LogP contribution in [-0.2, 0) is 0 Å². The van der Waals surface area contributed by atoms with Crippen molar-refractivity contribution in [3.8, 4) is 0 Å². The zero-order chi connectivity index (χ0) is 13.0. The second-order valence-electron chi connectivity index (χ2n) is 5.07. The lowest BCUT2D eigenvalue weighted by molar-refractivity contribution is 0.158. The Kier molecular flexibility index (Phi) is 4.96. The van der Waals surface area contributed by atoms with Gasteiger partial charge in [0.1, 0.15) is 0 Å². The Balaban J connectivity index is 1.80. The van der Waals surface area contributed by atoms with Gasteiger partial charge in [-0.05, 0) is 55.2 Å². The van der Waals surface area contributed by atoms with E-state index in [-0.39, 0.29) is 12.1 Å². The molecule has 1 saturated carbocycles. The van der Waals surface area contributed by atoms with Crippen LogP contribution in [-0.4, -0.2) is 23.0 Å². The molecule has 0 aromatic heterocycles. The van der Waals surface area contributed by atoms with Crippen LogP contribution < -0.4 is 5.73 Å².